The number of hydrogen-bond donors (Lipinski definition) is 2. The van der Waals surface area contributed by atoms with Crippen LogP contribution in [0.5, 0.6) is 23.0 Å². The molecule has 0 fully saturated rings. The molecule has 4 aromatic rings. The van der Waals surface area contributed by atoms with Gasteiger partial charge in [0.25, 0.3) is 0 Å². The molecule has 6 heteroatoms. The van der Waals surface area contributed by atoms with Gasteiger partial charge in [-0.15, -0.1) is 0 Å². The van der Waals surface area contributed by atoms with Crippen LogP contribution in [0.4, 0.5) is 0 Å². The molecule has 0 radical (unpaired) electrons. The van der Waals surface area contributed by atoms with Gasteiger partial charge in [-0.25, -0.2) is 0 Å². The van der Waals surface area contributed by atoms with Crippen LogP contribution in [0.3, 0.4) is 0 Å². The lowest BCUT2D eigenvalue weighted by molar-refractivity contribution is 0.337. The second kappa shape index (κ2) is 13.5. The number of rotatable bonds is 13. The molecule has 198 valence electrons. The summed E-state index contributed by atoms with van der Waals surface area (Å²) in [5, 5.41) is 7.62. The van der Waals surface area contributed by atoms with E-state index in [1.54, 1.807) is 28.4 Å². The van der Waals surface area contributed by atoms with Crippen molar-refractivity contribution in [2.75, 3.05) is 28.4 Å². The molecule has 4 aromatic carbocycles. The van der Waals surface area contributed by atoms with Gasteiger partial charge in [0.05, 0.1) is 40.5 Å². The van der Waals surface area contributed by atoms with Crippen molar-refractivity contribution in [2.24, 2.45) is 0 Å². The van der Waals surface area contributed by atoms with E-state index in [4.69, 9.17) is 18.9 Å². The molecule has 0 aliphatic carbocycles. The molecule has 0 bridgehead atoms. The fourth-order valence-electron chi connectivity index (χ4n) is 4.63. The third-order valence-corrected chi connectivity index (χ3v) is 6.62. The van der Waals surface area contributed by atoms with Gasteiger partial charge < -0.3 is 29.6 Å². The van der Waals surface area contributed by atoms with Crippen molar-refractivity contribution in [3.63, 3.8) is 0 Å². The number of methoxy groups -OCH3 is 4. The summed E-state index contributed by atoms with van der Waals surface area (Å²) in [6.45, 7) is 1.31. The van der Waals surface area contributed by atoms with Gasteiger partial charge in [-0.2, -0.15) is 0 Å². The average molecular weight is 513 g/mol. The minimum Gasteiger partial charge on any atom is -0.497 e. The lowest BCUT2D eigenvalue weighted by Crippen LogP contribution is -2.35. The standard InChI is InChI=1S/C32H36N2O4/c1-35-25-15-17-29(37-3)27(19-25)31(33-21-23-11-7-5-8-12-23)32(34-22-24-13-9-6-10-14-24)28-20-26(36-2)16-18-30(28)38-4/h5-20,31-34H,21-22H2,1-4H3/t31-,32-/m0/s1. The van der Waals surface area contributed by atoms with E-state index in [0.29, 0.717) is 13.1 Å². The van der Waals surface area contributed by atoms with Crippen LogP contribution in [-0.4, -0.2) is 28.4 Å². The predicted octanol–water partition coefficient (Wildman–Crippen LogP) is 6.08. The van der Waals surface area contributed by atoms with Crippen LogP contribution in [0.15, 0.2) is 97.1 Å². The lowest BCUT2D eigenvalue weighted by Gasteiger charge is -2.32. The molecule has 0 aromatic heterocycles. The van der Waals surface area contributed by atoms with E-state index in [1.165, 1.54) is 11.1 Å². The average Bonchev–Trinajstić information content (AvgIpc) is 2.99. The van der Waals surface area contributed by atoms with Gasteiger partial charge in [-0.1, -0.05) is 60.7 Å². The first kappa shape index (κ1) is 27.0. The Morgan fingerprint density at radius 3 is 1.24 bits per heavy atom. The largest absolute Gasteiger partial charge is 0.497 e. The minimum atomic E-state index is -0.218. The summed E-state index contributed by atoms with van der Waals surface area (Å²) in [4.78, 5) is 0. The highest BCUT2D eigenvalue weighted by Gasteiger charge is 2.30. The Morgan fingerprint density at radius 2 is 0.895 bits per heavy atom. The molecule has 2 N–H and O–H groups in total. The monoisotopic (exact) mass is 512 g/mol. The van der Waals surface area contributed by atoms with E-state index in [2.05, 4.69) is 34.9 Å². The second-order valence-corrected chi connectivity index (χ2v) is 8.90. The zero-order chi connectivity index (χ0) is 26.7. The zero-order valence-corrected chi connectivity index (χ0v) is 22.4. The van der Waals surface area contributed by atoms with E-state index >= 15 is 0 Å². The molecule has 0 saturated carbocycles. The molecule has 6 nitrogen and oxygen atoms in total. The molecular weight excluding hydrogens is 476 g/mol. The number of ether oxygens (including phenoxy) is 4. The van der Waals surface area contributed by atoms with Crippen molar-refractivity contribution >= 4 is 0 Å². The summed E-state index contributed by atoms with van der Waals surface area (Å²) < 4.78 is 22.9. The molecule has 0 amide bonds. The molecule has 0 aliphatic heterocycles. The van der Waals surface area contributed by atoms with E-state index in [-0.39, 0.29) is 12.1 Å². The van der Waals surface area contributed by atoms with Crippen LogP contribution in [0.1, 0.15) is 34.3 Å². The highest BCUT2D eigenvalue weighted by molar-refractivity contribution is 5.48. The molecule has 38 heavy (non-hydrogen) atoms. The summed E-state index contributed by atoms with van der Waals surface area (Å²) in [5.41, 5.74) is 4.30. The van der Waals surface area contributed by atoms with Crippen molar-refractivity contribution in [2.45, 2.75) is 25.2 Å². The maximum Gasteiger partial charge on any atom is 0.123 e. The summed E-state index contributed by atoms with van der Waals surface area (Å²) in [6, 6.07) is 32.1. The van der Waals surface area contributed by atoms with E-state index in [9.17, 15) is 0 Å². The molecule has 4 rings (SSSR count). The first-order valence-electron chi connectivity index (χ1n) is 12.6. The first-order valence-corrected chi connectivity index (χ1v) is 12.6. The molecule has 0 heterocycles. The quantitative estimate of drug-likeness (QED) is 0.226. The van der Waals surface area contributed by atoms with Gasteiger partial charge in [0.1, 0.15) is 23.0 Å². The van der Waals surface area contributed by atoms with Gasteiger partial charge in [0, 0.05) is 24.2 Å². The third kappa shape index (κ3) is 6.65. The van der Waals surface area contributed by atoms with Crippen molar-refractivity contribution in [1.82, 2.24) is 10.6 Å². The molecular formula is C32H36N2O4. The summed E-state index contributed by atoms with van der Waals surface area (Å²) in [7, 11) is 6.73. The Kier molecular flexibility index (Phi) is 9.62. The fourth-order valence-corrected chi connectivity index (χ4v) is 4.63. The highest BCUT2D eigenvalue weighted by atomic mass is 16.5. The Balaban J connectivity index is 1.84. The molecule has 2 atom stereocenters. The van der Waals surface area contributed by atoms with Crippen LogP contribution in [-0.2, 0) is 13.1 Å². The maximum atomic E-state index is 5.85. The minimum absolute atomic E-state index is 0.218. The van der Waals surface area contributed by atoms with Gasteiger partial charge in [0.2, 0.25) is 0 Å². The molecule has 0 saturated heterocycles. The molecule has 0 unspecified atom stereocenters. The van der Waals surface area contributed by atoms with Gasteiger partial charge in [-0.3, -0.25) is 0 Å². The van der Waals surface area contributed by atoms with E-state index in [0.717, 1.165) is 34.1 Å². The Labute approximate surface area is 225 Å². The highest BCUT2D eigenvalue weighted by Crippen LogP contribution is 2.41. The van der Waals surface area contributed by atoms with Crippen LogP contribution in [0.2, 0.25) is 0 Å². The Morgan fingerprint density at radius 1 is 0.500 bits per heavy atom. The van der Waals surface area contributed by atoms with Crippen LogP contribution in [0.25, 0.3) is 0 Å². The van der Waals surface area contributed by atoms with Crippen LogP contribution >= 0.6 is 0 Å². The number of benzene rings is 4. The second-order valence-electron chi connectivity index (χ2n) is 8.90. The third-order valence-electron chi connectivity index (χ3n) is 6.62. The summed E-state index contributed by atoms with van der Waals surface area (Å²) >= 11 is 0. The Hall–Kier alpha value is -4.00. The SMILES string of the molecule is COc1ccc(OC)c([C@H](NCc2ccccc2)[C@@H](NCc2ccccc2)c2cc(OC)ccc2OC)c1. The summed E-state index contributed by atoms with van der Waals surface area (Å²) in [6.07, 6.45) is 0. The normalized spacial score (nSPS) is 12.4. The van der Waals surface area contributed by atoms with Gasteiger partial charge in [-0.05, 0) is 47.5 Å². The van der Waals surface area contributed by atoms with Crippen molar-refractivity contribution in [1.29, 1.82) is 0 Å². The lowest BCUT2D eigenvalue weighted by atomic mass is 9.91. The van der Waals surface area contributed by atoms with Gasteiger partial charge in [0.15, 0.2) is 0 Å². The van der Waals surface area contributed by atoms with Crippen LogP contribution < -0.4 is 29.6 Å². The Bertz CT molecular complexity index is 1180. The van der Waals surface area contributed by atoms with E-state index in [1.807, 2.05) is 72.8 Å². The first-order chi connectivity index (χ1) is 18.7. The number of hydrogen-bond acceptors (Lipinski definition) is 6. The van der Waals surface area contributed by atoms with Crippen molar-refractivity contribution < 1.29 is 18.9 Å². The molecule has 0 aliphatic rings. The zero-order valence-electron chi connectivity index (χ0n) is 22.4. The fraction of sp³-hybridized carbons (Fsp3) is 0.250. The van der Waals surface area contributed by atoms with Crippen molar-refractivity contribution in [3.05, 3.63) is 119 Å². The maximum absolute atomic E-state index is 5.85. The van der Waals surface area contributed by atoms with Crippen LogP contribution in [0, 0.1) is 0 Å². The smallest absolute Gasteiger partial charge is 0.123 e. The molecule has 0 spiro atoms. The topological polar surface area (TPSA) is 61.0 Å². The van der Waals surface area contributed by atoms with E-state index < -0.39 is 0 Å². The predicted molar refractivity (Wildman–Crippen MR) is 151 cm³/mol. The summed E-state index contributed by atoms with van der Waals surface area (Å²) in [5.74, 6) is 3.05. The van der Waals surface area contributed by atoms with Gasteiger partial charge >= 0.3 is 0 Å². The number of nitrogens with one attached hydrogen (secondary N) is 2. The van der Waals surface area contributed by atoms with Crippen molar-refractivity contribution in [3.8, 4) is 23.0 Å².